The monoisotopic (exact) mass is 559 g/mol. The zero-order valence-electron chi connectivity index (χ0n) is 22.4. The molecule has 9 atom stereocenters. The minimum Gasteiger partial charge on any atom is -0.390 e. The normalized spacial score (nSPS) is 44.8. The summed E-state index contributed by atoms with van der Waals surface area (Å²) >= 11 is 1.64. The number of nitrogens with zero attached hydrogens (tertiary/aromatic N) is 1. The fourth-order valence-electron chi connectivity index (χ4n) is 8.97. The summed E-state index contributed by atoms with van der Waals surface area (Å²) in [5.41, 5.74) is -5.10. The number of carbonyl (C=O) groups excluding carboxylic acids is 2. The zero-order chi connectivity index (χ0) is 28.0. The maximum Gasteiger partial charge on any atom is 0.192 e. The van der Waals surface area contributed by atoms with Crippen LogP contribution in [0.3, 0.4) is 0 Å². The van der Waals surface area contributed by atoms with Crippen molar-refractivity contribution < 1.29 is 33.4 Å². The van der Waals surface area contributed by atoms with Gasteiger partial charge in [-0.25, -0.2) is 8.78 Å². The van der Waals surface area contributed by atoms with E-state index in [2.05, 4.69) is 0 Å². The second-order valence-corrected chi connectivity index (χ2v) is 13.3. The number of aliphatic hydroxyl groups excluding tert-OH is 2. The number of hydrogen-bond donors (Lipinski definition) is 2. The number of fused-ring (bicyclic) bond motifs is 7. The molecule has 0 aromatic heterocycles. The molecule has 0 spiro atoms. The fourth-order valence-corrected chi connectivity index (χ4v) is 9.38. The first-order valence-electron chi connectivity index (χ1n) is 13.6. The molecule has 1 saturated heterocycles. The summed E-state index contributed by atoms with van der Waals surface area (Å²) in [5, 5.41) is 23.4. The summed E-state index contributed by atoms with van der Waals surface area (Å²) in [5.74, 6) is -2.58. The number of aliphatic hydroxyl groups is 2. The molecular formula is C30H35F2NO5S. The zero-order valence-corrected chi connectivity index (χ0v) is 23.2. The van der Waals surface area contributed by atoms with Gasteiger partial charge in [0.2, 0.25) is 0 Å². The Morgan fingerprint density at radius 3 is 2.59 bits per heavy atom. The maximum absolute atomic E-state index is 17.4. The number of allylic oxidation sites excluding steroid dienone is 4. The molecule has 1 aromatic rings. The minimum absolute atomic E-state index is 0.0747. The van der Waals surface area contributed by atoms with Crippen LogP contribution >= 0.6 is 11.8 Å². The molecule has 6 rings (SSSR count). The Morgan fingerprint density at radius 1 is 1.21 bits per heavy atom. The standard InChI is InChI=1S/C30H35F2NO5S/c1-27-9-8-19(35)11-23(27)24(31)12-22-21-10-18-15-33(14-17-4-6-20(39-3)7-5-17)38-30(18,26(37)16-34)28(21,2)13-25(36)29(22,27)32/h4-9,11,18,21-22,24-25,34,36H,10,12-16H2,1-3H3/t18-,21-,22-,24-,25-,27-,28-,29-,30-/m0/s1. The van der Waals surface area contributed by atoms with Crippen LogP contribution in [0.15, 0.2) is 53.0 Å². The highest BCUT2D eigenvalue weighted by molar-refractivity contribution is 7.98. The van der Waals surface area contributed by atoms with Crippen molar-refractivity contribution in [2.24, 2.45) is 28.6 Å². The van der Waals surface area contributed by atoms with Crippen molar-refractivity contribution in [3.63, 3.8) is 0 Å². The van der Waals surface area contributed by atoms with Gasteiger partial charge in [0.1, 0.15) is 12.8 Å². The van der Waals surface area contributed by atoms with Crippen LogP contribution in [0.25, 0.3) is 0 Å². The third kappa shape index (κ3) is 3.46. The Morgan fingerprint density at radius 2 is 1.92 bits per heavy atom. The highest BCUT2D eigenvalue weighted by Gasteiger charge is 2.79. The lowest BCUT2D eigenvalue weighted by molar-refractivity contribution is -0.269. The molecule has 39 heavy (non-hydrogen) atoms. The summed E-state index contributed by atoms with van der Waals surface area (Å²) in [4.78, 5) is 33.3. The molecule has 9 heteroatoms. The molecule has 3 saturated carbocycles. The van der Waals surface area contributed by atoms with Crippen LogP contribution in [0.2, 0.25) is 0 Å². The second kappa shape index (κ2) is 9.05. The molecule has 1 aromatic carbocycles. The van der Waals surface area contributed by atoms with Gasteiger partial charge in [0.15, 0.2) is 22.8 Å². The summed E-state index contributed by atoms with van der Waals surface area (Å²) in [6.07, 6.45) is 2.94. The Kier molecular flexibility index (Phi) is 6.32. The lowest BCUT2D eigenvalue weighted by Gasteiger charge is -2.63. The van der Waals surface area contributed by atoms with E-state index < -0.39 is 58.6 Å². The summed E-state index contributed by atoms with van der Waals surface area (Å²) < 4.78 is 33.1. The number of ketones is 2. The van der Waals surface area contributed by atoms with E-state index in [1.807, 2.05) is 37.4 Å². The first kappa shape index (κ1) is 27.3. The minimum atomic E-state index is -2.22. The molecule has 1 aliphatic heterocycles. The van der Waals surface area contributed by atoms with Gasteiger partial charge in [-0.2, -0.15) is 5.06 Å². The van der Waals surface area contributed by atoms with Crippen molar-refractivity contribution in [3.05, 3.63) is 53.6 Å². The Hall–Kier alpha value is -1.91. The number of alkyl halides is 2. The van der Waals surface area contributed by atoms with E-state index in [1.165, 1.54) is 18.2 Å². The average molecular weight is 560 g/mol. The topological polar surface area (TPSA) is 87.1 Å². The lowest BCUT2D eigenvalue weighted by Crippen LogP contribution is -2.70. The van der Waals surface area contributed by atoms with Crippen LogP contribution in [-0.2, 0) is 21.0 Å². The van der Waals surface area contributed by atoms with Gasteiger partial charge >= 0.3 is 0 Å². The van der Waals surface area contributed by atoms with E-state index in [1.54, 1.807) is 23.7 Å². The molecule has 1 heterocycles. The van der Waals surface area contributed by atoms with Gasteiger partial charge in [-0.3, -0.25) is 14.4 Å². The van der Waals surface area contributed by atoms with Crippen molar-refractivity contribution in [3.8, 4) is 0 Å². The number of Topliss-reactive ketones (excluding diaryl/α,β-unsaturated/α-hetero) is 1. The number of benzene rings is 1. The molecule has 0 bridgehead atoms. The number of rotatable bonds is 5. The highest BCUT2D eigenvalue weighted by Crippen LogP contribution is 2.72. The molecule has 4 aliphatic carbocycles. The molecule has 0 unspecified atom stereocenters. The molecule has 4 fully saturated rings. The maximum atomic E-state index is 17.4. The van der Waals surface area contributed by atoms with E-state index in [9.17, 15) is 19.8 Å². The molecule has 0 amide bonds. The summed E-state index contributed by atoms with van der Waals surface area (Å²) in [6, 6.07) is 8.06. The molecule has 5 aliphatic rings. The second-order valence-electron chi connectivity index (χ2n) is 12.4. The number of thioether (sulfide) groups is 1. The number of hydrogen-bond acceptors (Lipinski definition) is 7. The van der Waals surface area contributed by atoms with Gasteiger partial charge in [-0.15, -0.1) is 11.8 Å². The van der Waals surface area contributed by atoms with E-state index in [0.29, 0.717) is 19.5 Å². The largest absolute Gasteiger partial charge is 0.390 e. The summed E-state index contributed by atoms with van der Waals surface area (Å²) in [6.45, 7) is 3.50. The van der Waals surface area contributed by atoms with Crippen LogP contribution in [0.4, 0.5) is 8.78 Å². The summed E-state index contributed by atoms with van der Waals surface area (Å²) in [7, 11) is 0. The predicted octanol–water partition coefficient (Wildman–Crippen LogP) is 4.00. The van der Waals surface area contributed by atoms with Crippen LogP contribution in [-0.4, -0.2) is 69.8 Å². The quantitative estimate of drug-likeness (QED) is 0.528. The third-order valence-corrected chi connectivity index (χ3v) is 11.5. The lowest BCUT2D eigenvalue weighted by atomic mass is 9.44. The van der Waals surface area contributed by atoms with E-state index >= 15 is 8.78 Å². The number of halogens is 2. The molecule has 6 nitrogen and oxygen atoms in total. The van der Waals surface area contributed by atoms with Crippen molar-refractivity contribution in [1.29, 1.82) is 0 Å². The van der Waals surface area contributed by atoms with E-state index in [0.717, 1.165) is 10.5 Å². The predicted molar refractivity (Wildman–Crippen MR) is 142 cm³/mol. The molecular weight excluding hydrogens is 524 g/mol. The van der Waals surface area contributed by atoms with Gasteiger partial charge in [0.05, 0.1) is 6.10 Å². The highest BCUT2D eigenvalue weighted by atomic mass is 32.2. The van der Waals surface area contributed by atoms with Crippen molar-refractivity contribution >= 4 is 23.3 Å². The number of carbonyl (C=O) groups is 2. The van der Waals surface area contributed by atoms with Gasteiger partial charge in [0.25, 0.3) is 0 Å². The third-order valence-electron chi connectivity index (χ3n) is 10.8. The first-order valence-corrected chi connectivity index (χ1v) is 14.8. The van der Waals surface area contributed by atoms with Crippen molar-refractivity contribution in [2.75, 3.05) is 19.4 Å². The van der Waals surface area contributed by atoms with Crippen LogP contribution < -0.4 is 0 Å². The Balaban J connectivity index is 1.37. The Bertz CT molecular complexity index is 1270. The average Bonchev–Trinajstić information content (AvgIpc) is 3.39. The van der Waals surface area contributed by atoms with Crippen LogP contribution in [0.5, 0.6) is 0 Å². The van der Waals surface area contributed by atoms with E-state index in [4.69, 9.17) is 4.84 Å². The Labute approximate surface area is 231 Å². The molecule has 2 N–H and O–H groups in total. The first-order chi connectivity index (χ1) is 18.4. The van der Waals surface area contributed by atoms with Gasteiger partial charge in [-0.1, -0.05) is 25.1 Å². The van der Waals surface area contributed by atoms with Crippen LogP contribution in [0, 0.1) is 28.6 Å². The fraction of sp³-hybridized carbons (Fsp3) is 0.600. The molecule has 0 radical (unpaired) electrons. The van der Waals surface area contributed by atoms with E-state index in [-0.39, 0.29) is 30.1 Å². The van der Waals surface area contributed by atoms with Crippen molar-refractivity contribution in [2.45, 2.75) is 68.1 Å². The van der Waals surface area contributed by atoms with Crippen LogP contribution in [0.1, 0.15) is 38.7 Å². The SMILES string of the molecule is CSc1ccc(CN2C[C@@H]3C[C@H]4[C@@H]5C[C@H](F)C6=CC(=O)C=C[C@]6(C)[C@@]5(F)[C@@H](O)C[C@]4(C)[C@]3(C(=O)CO)O2)cc1. The molecule has 210 valence electrons. The smallest absolute Gasteiger partial charge is 0.192 e. The number of hydroxylamine groups is 2. The van der Waals surface area contributed by atoms with Gasteiger partial charge < -0.3 is 10.2 Å². The van der Waals surface area contributed by atoms with Gasteiger partial charge in [0, 0.05) is 40.7 Å². The van der Waals surface area contributed by atoms with Crippen molar-refractivity contribution in [1.82, 2.24) is 5.06 Å². The van der Waals surface area contributed by atoms with Gasteiger partial charge in [-0.05, 0) is 73.8 Å².